The molecule has 9 nitrogen and oxygen atoms in total. The molecule has 4 aromatic rings. The van der Waals surface area contributed by atoms with Gasteiger partial charge in [0, 0.05) is 84.1 Å². The van der Waals surface area contributed by atoms with E-state index in [9.17, 15) is 9.59 Å². The predicted octanol–water partition coefficient (Wildman–Crippen LogP) is 6.41. The fraction of sp³-hybridized carbons (Fsp3) is 0.368. The summed E-state index contributed by atoms with van der Waals surface area (Å²) in [5.41, 5.74) is 7.98. The summed E-state index contributed by atoms with van der Waals surface area (Å²) in [5, 5.41) is 14.2. The fourth-order valence-corrected chi connectivity index (χ4v) is 7.80. The average Bonchev–Trinajstić information content (AvgIpc) is 3.74. The van der Waals surface area contributed by atoms with Crippen LogP contribution in [0.15, 0.2) is 60.7 Å². The number of halogens is 2. The van der Waals surface area contributed by atoms with Crippen molar-refractivity contribution in [1.29, 1.82) is 0 Å². The number of hydrogen-bond acceptors (Lipinski definition) is 7. The molecule has 2 amide bonds. The maximum absolute atomic E-state index is 11.6. The second kappa shape index (κ2) is 14.8. The maximum Gasteiger partial charge on any atom is 0.220 e. The highest BCUT2D eigenvalue weighted by Gasteiger charge is 2.26. The van der Waals surface area contributed by atoms with Gasteiger partial charge < -0.3 is 26.0 Å². The molecule has 254 valence electrons. The van der Waals surface area contributed by atoms with Crippen molar-refractivity contribution < 1.29 is 14.3 Å². The van der Waals surface area contributed by atoms with Gasteiger partial charge in [-0.15, -0.1) is 0 Å². The van der Waals surface area contributed by atoms with Crippen LogP contribution < -0.4 is 26.0 Å². The minimum absolute atomic E-state index is 0.105. The van der Waals surface area contributed by atoms with Crippen LogP contribution in [-0.4, -0.2) is 54.1 Å². The number of aryl methyl sites for hydroxylation is 1. The van der Waals surface area contributed by atoms with Crippen LogP contribution in [0, 0.1) is 0 Å². The molecule has 4 N–H and O–H groups in total. The second-order valence-corrected chi connectivity index (χ2v) is 13.8. The summed E-state index contributed by atoms with van der Waals surface area (Å²) >= 11 is 14.3. The third-order valence-corrected chi connectivity index (χ3v) is 10.6. The number of pyridine rings is 2. The summed E-state index contributed by atoms with van der Waals surface area (Å²) in [6, 6.07) is 20.6. The van der Waals surface area contributed by atoms with Crippen molar-refractivity contribution in [2.45, 2.75) is 69.6 Å². The van der Waals surface area contributed by atoms with Crippen LogP contribution in [-0.2, 0) is 22.6 Å². The smallest absolute Gasteiger partial charge is 0.220 e. The van der Waals surface area contributed by atoms with Crippen LogP contribution in [0.25, 0.3) is 33.6 Å². The van der Waals surface area contributed by atoms with E-state index in [-0.39, 0.29) is 29.9 Å². The summed E-state index contributed by atoms with van der Waals surface area (Å²) in [5.74, 6) is 0.759. The zero-order valence-corrected chi connectivity index (χ0v) is 29.0. The molecular formula is C38H40Cl2N6O3. The Bertz CT molecular complexity index is 1880. The number of rotatable bonds is 11. The fourth-order valence-electron chi connectivity index (χ4n) is 7.15. The minimum atomic E-state index is 0.105. The van der Waals surface area contributed by atoms with E-state index in [4.69, 9.17) is 37.9 Å². The van der Waals surface area contributed by atoms with Crippen molar-refractivity contribution in [3.05, 3.63) is 87.5 Å². The van der Waals surface area contributed by atoms with Gasteiger partial charge in [-0.25, -0.2) is 4.98 Å². The number of hydrogen-bond donors (Lipinski definition) is 4. The van der Waals surface area contributed by atoms with E-state index in [2.05, 4.69) is 33.4 Å². The quantitative estimate of drug-likeness (QED) is 0.143. The molecule has 2 saturated heterocycles. The van der Waals surface area contributed by atoms with Crippen molar-refractivity contribution in [3.8, 4) is 39.5 Å². The van der Waals surface area contributed by atoms with E-state index in [1.165, 1.54) is 5.56 Å². The Morgan fingerprint density at radius 2 is 1.37 bits per heavy atom. The Balaban J connectivity index is 1.10. The molecule has 2 aromatic heterocycles. The third-order valence-electron chi connectivity index (χ3n) is 9.75. The largest absolute Gasteiger partial charge is 0.481 e. The maximum atomic E-state index is 11.6. The van der Waals surface area contributed by atoms with E-state index in [0.29, 0.717) is 47.6 Å². The molecule has 0 spiro atoms. The van der Waals surface area contributed by atoms with Crippen molar-refractivity contribution in [1.82, 2.24) is 31.2 Å². The lowest BCUT2D eigenvalue weighted by Crippen LogP contribution is -2.38. The molecule has 3 atom stereocenters. The zero-order chi connectivity index (χ0) is 33.9. The van der Waals surface area contributed by atoms with Gasteiger partial charge in [-0.3, -0.25) is 14.6 Å². The van der Waals surface area contributed by atoms with E-state index in [1.54, 1.807) is 7.11 Å². The highest BCUT2D eigenvalue weighted by molar-refractivity contribution is 6.39. The lowest BCUT2D eigenvalue weighted by atomic mass is 9.90. The highest BCUT2D eigenvalue weighted by Crippen LogP contribution is 2.42. The molecule has 2 aromatic carbocycles. The number of carbonyl (C=O) groups is 2. The van der Waals surface area contributed by atoms with E-state index < -0.39 is 0 Å². The molecule has 2 aliphatic heterocycles. The minimum Gasteiger partial charge on any atom is -0.481 e. The van der Waals surface area contributed by atoms with Gasteiger partial charge in [0.25, 0.3) is 0 Å². The second-order valence-electron chi connectivity index (χ2n) is 13.0. The van der Waals surface area contributed by atoms with E-state index in [1.807, 2.05) is 48.5 Å². The van der Waals surface area contributed by atoms with Gasteiger partial charge in [-0.1, -0.05) is 71.7 Å². The third kappa shape index (κ3) is 7.31. The Hall–Kier alpha value is -4.02. The highest BCUT2D eigenvalue weighted by atomic mass is 35.5. The molecule has 0 bridgehead atoms. The molecule has 7 rings (SSSR count). The van der Waals surface area contributed by atoms with Crippen LogP contribution in [0.3, 0.4) is 0 Å². The summed E-state index contributed by atoms with van der Waals surface area (Å²) < 4.78 is 5.66. The Morgan fingerprint density at radius 1 is 0.755 bits per heavy atom. The number of amides is 2. The number of methoxy groups -OCH3 is 1. The first-order valence-electron chi connectivity index (χ1n) is 17.0. The van der Waals surface area contributed by atoms with Gasteiger partial charge >= 0.3 is 0 Å². The first-order valence-corrected chi connectivity index (χ1v) is 17.8. The standard InChI is InChI=1S/C38H40Cl2N6O3/c1-49-38-22(19-41-20-23-12-17-34(47)43-23)11-15-33(46-38)29-8-3-6-26(37(29)40)25-5-2-7-28(36(25)39)32-16-14-27-30(9-4-10-31(27)45-32)42-21-24-13-18-35(48)44-24/h2-3,5-8,11,14-16,23-24,30,41-42H,4,9-10,12-13,17-21H2,1H3,(H,43,47)(H,44,48)/t23?,24-,30?/m0/s1. The predicted molar refractivity (Wildman–Crippen MR) is 193 cm³/mol. The van der Waals surface area contributed by atoms with Crippen molar-refractivity contribution in [2.75, 3.05) is 20.2 Å². The Kier molecular flexibility index (Phi) is 10.1. The molecule has 11 heteroatoms. The van der Waals surface area contributed by atoms with E-state index in [0.717, 1.165) is 77.9 Å². The van der Waals surface area contributed by atoms with Crippen LogP contribution >= 0.6 is 23.2 Å². The Morgan fingerprint density at radius 3 is 2.00 bits per heavy atom. The van der Waals surface area contributed by atoms with Crippen LogP contribution in [0.5, 0.6) is 5.88 Å². The van der Waals surface area contributed by atoms with Gasteiger partial charge in [0.15, 0.2) is 0 Å². The molecule has 1 aliphatic carbocycles. The van der Waals surface area contributed by atoms with Crippen LogP contribution in [0.2, 0.25) is 10.0 Å². The molecule has 49 heavy (non-hydrogen) atoms. The number of ether oxygens (including phenoxy) is 1. The summed E-state index contributed by atoms with van der Waals surface area (Å²) in [6.07, 6.45) is 5.91. The summed E-state index contributed by atoms with van der Waals surface area (Å²) in [7, 11) is 1.61. The van der Waals surface area contributed by atoms with Gasteiger partial charge in [0.1, 0.15) is 0 Å². The van der Waals surface area contributed by atoms with Crippen LogP contribution in [0.1, 0.15) is 61.4 Å². The van der Waals surface area contributed by atoms with E-state index >= 15 is 0 Å². The lowest BCUT2D eigenvalue weighted by molar-refractivity contribution is -0.120. The number of carbonyl (C=O) groups excluding carboxylic acids is 2. The molecule has 2 unspecified atom stereocenters. The van der Waals surface area contributed by atoms with Gasteiger partial charge in [0.05, 0.1) is 28.5 Å². The lowest BCUT2D eigenvalue weighted by Gasteiger charge is -2.27. The average molecular weight is 700 g/mol. The number of benzene rings is 2. The molecule has 0 radical (unpaired) electrons. The first-order chi connectivity index (χ1) is 23.9. The van der Waals surface area contributed by atoms with Crippen molar-refractivity contribution in [3.63, 3.8) is 0 Å². The zero-order valence-electron chi connectivity index (χ0n) is 27.5. The molecule has 3 aliphatic rings. The monoisotopic (exact) mass is 698 g/mol. The molecule has 2 fully saturated rings. The first kappa shape index (κ1) is 33.5. The Labute approximate surface area is 296 Å². The summed E-state index contributed by atoms with van der Waals surface area (Å²) in [6.45, 7) is 2.01. The molecule has 4 heterocycles. The van der Waals surface area contributed by atoms with Gasteiger partial charge in [-0.05, 0) is 49.8 Å². The normalized spacial score (nSPS) is 20.2. The number of nitrogens with one attached hydrogen (secondary N) is 4. The van der Waals surface area contributed by atoms with Crippen LogP contribution in [0.4, 0.5) is 0 Å². The van der Waals surface area contributed by atoms with Crippen molar-refractivity contribution >= 4 is 35.0 Å². The molecule has 0 saturated carbocycles. The topological polar surface area (TPSA) is 117 Å². The van der Waals surface area contributed by atoms with Crippen molar-refractivity contribution in [2.24, 2.45) is 0 Å². The number of aromatic nitrogens is 2. The molecular weight excluding hydrogens is 659 g/mol. The van der Waals surface area contributed by atoms with Gasteiger partial charge in [-0.2, -0.15) is 0 Å². The number of nitrogens with zero attached hydrogens (tertiary/aromatic N) is 2. The van der Waals surface area contributed by atoms with Gasteiger partial charge in [0.2, 0.25) is 17.7 Å². The SMILES string of the molecule is COc1nc(-c2cccc(-c3cccc(-c4ccc5c(n4)CCCC5NC[C@@H]4CCC(=O)N4)c3Cl)c2Cl)ccc1CNCC1CCC(=O)N1. The number of fused-ring (bicyclic) bond motifs is 1. The summed E-state index contributed by atoms with van der Waals surface area (Å²) in [4.78, 5) is 33.1.